The van der Waals surface area contributed by atoms with Gasteiger partial charge in [0.25, 0.3) is 11.8 Å². The average molecular weight is 510 g/mol. The van der Waals surface area contributed by atoms with Gasteiger partial charge >= 0.3 is 6.18 Å². The van der Waals surface area contributed by atoms with Gasteiger partial charge in [-0.05, 0) is 18.4 Å². The third-order valence-electron chi connectivity index (χ3n) is 5.84. The first kappa shape index (κ1) is 25.4. The number of nitrogens with one attached hydrogen (secondary N) is 1. The maximum Gasteiger partial charge on any atom is 0.419 e. The second kappa shape index (κ2) is 9.39. The Hall–Kier alpha value is -3.71. The maximum atomic E-state index is 14.6. The van der Waals surface area contributed by atoms with Gasteiger partial charge in [0, 0.05) is 51.0 Å². The topological polar surface area (TPSA) is 102 Å². The molecule has 14 heteroatoms. The molecule has 0 saturated carbocycles. The predicted octanol–water partition coefficient (Wildman–Crippen LogP) is 3.59. The number of likely N-dealkylation sites (tertiary alicyclic amines) is 1. The van der Waals surface area contributed by atoms with Crippen LogP contribution in [0.2, 0.25) is 0 Å². The fraction of sp³-hybridized carbons (Fsp3) is 0.455. The van der Waals surface area contributed by atoms with E-state index in [4.69, 9.17) is 0 Å². The summed E-state index contributed by atoms with van der Waals surface area (Å²) in [4.78, 5) is 30.3. The molecule has 1 aliphatic heterocycles. The number of hydrogen-bond acceptors (Lipinski definition) is 7. The van der Waals surface area contributed by atoms with Crippen molar-refractivity contribution in [2.24, 2.45) is 13.0 Å². The minimum Gasteiger partial charge on any atom is -0.352 e. The molecule has 0 aliphatic carbocycles. The second-order valence-electron chi connectivity index (χ2n) is 8.86. The second-order valence-corrected chi connectivity index (χ2v) is 8.86. The molecule has 0 aromatic carbocycles. The molecule has 0 bridgehead atoms. The highest BCUT2D eigenvalue weighted by Crippen LogP contribution is 2.36. The summed E-state index contributed by atoms with van der Waals surface area (Å²) in [7, 11) is 1.59. The molecule has 1 saturated heterocycles. The van der Waals surface area contributed by atoms with Crippen LogP contribution in [-0.4, -0.2) is 65.6 Å². The Morgan fingerprint density at radius 2 is 1.78 bits per heavy atom. The lowest BCUT2D eigenvalue weighted by Gasteiger charge is -2.43. The number of aromatic nitrogens is 6. The zero-order valence-corrected chi connectivity index (χ0v) is 19.6. The molecule has 3 aromatic heterocycles. The van der Waals surface area contributed by atoms with E-state index >= 15 is 0 Å². The molecule has 192 valence electrons. The largest absolute Gasteiger partial charge is 0.419 e. The smallest absolute Gasteiger partial charge is 0.352 e. The lowest BCUT2D eigenvalue weighted by atomic mass is 9.88. The van der Waals surface area contributed by atoms with E-state index in [-0.39, 0.29) is 24.0 Å². The van der Waals surface area contributed by atoms with E-state index in [2.05, 4.69) is 30.4 Å². The number of alkyl halides is 5. The molecule has 9 nitrogen and oxygen atoms in total. The van der Waals surface area contributed by atoms with Gasteiger partial charge in [-0.25, -0.2) is 28.7 Å². The van der Waals surface area contributed by atoms with Crippen LogP contribution in [0.15, 0.2) is 31.0 Å². The van der Waals surface area contributed by atoms with Crippen molar-refractivity contribution in [2.45, 2.75) is 38.4 Å². The number of nitrogens with zero attached hydrogens (tertiary/aromatic N) is 7. The third kappa shape index (κ3) is 5.41. The SMILES string of the molecule is Cc1cnc(-c2cn(C)nc2C(=O)N2CC(F)(F)C[C@@H](C)C2CNc2ncc(C(F)(F)F)cn2)nc1. The van der Waals surface area contributed by atoms with Gasteiger partial charge in [-0.2, -0.15) is 18.3 Å². The number of piperidine rings is 1. The van der Waals surface area contributed by atoms with Crippen molar-refractivity contribution in [1.82, 2.24) is 34.6 Å². The zero-order chi connectivity index (χ0) is 26.3. The van der Waals surface area contributed by atoms with Crippen LogP contribution in [0, 0.1) is 12.8 Å². The normalized spacial score (nSPS) is 19.8. The first-order chi connectivity index (χ1) is 16.8. The molecule has 1 aliphatic rings. The predicted molar refractivity (Wildman–Crippen MR) is 118 cm³/mol. The molecule has 4 heterocycles. The summed E-state index contributed by atoms with van der Waals surface area (Å²) in [5, 5.41) is 6.96. The van der Waals surface area contributed by atoms with Crippen LogP contribution in [0.25, 0.3) is 11.4 Å². The third-order valence-corrected chi connectivity index (χ3v) is 5.84. The number of rotatable bonds is 5. The minimum atomic E-state index is -4.59. The van der Waals surface area contributed by atoms with Gasteiger partial charge in [-0.3, -0.25) is 9.48 Å². The molecule has 3 aromatic rings. The highest BCUT2D eigenvalue weighted by molar-refractivity contribution is 5.98. The van der Waals surface area contributed by atoms with Crippen LogP contribution in [-0.2, 0) is 13.2 Å². The van der Waals surface area contributed by atoms with E-state index < -0.39 is 48.5 Å². The molecule has 1 fully saturated rings. The number of amides is 1. The molecule has 0 radical (unpaired) electrons. The van der Waals surface area contributed by atoms with Crippen molar-refractivity contribution < 1.29 is 26.7 Å². The summed E-state index contributed by atoms with van der Waals surface area (Å²) in [6.07, 6.45) is 0.860. The van der Waals surface area contributed by atoms with Crippen LogP contribution in [0.1, 0.15) is 35.0 Å². The molecule has 36 heavy (non-hydrogen) atoms. The summed E-state index contributed by atoms with van der Waals surface area (Å²) in [5.74, 6) is -4.41. The van der Waals surface area contributed by atoms with Gasteiger partial charge in [-0.15, -0.1) is 0 Å². The van der Waals surface area contributed by atoms with Crippen molar-refractivity contribution in [1.29, 1.82) is 0 Å². The molecule has 1 N–H and O–H groups in total. The van der Waals surface area contributed by atoms with Gasteiger partial charge in [0.2, 0.25) is 5.95 Å². The maximum absolute atomic E-state index is 14.6. The van der Waals surface area contributed by atoms with Gasteiger partial charge in [0.1, 0.15) is 0 Å². The van der Waals surface area contributed by atoms with Crippen molar-refractivity contribution in [3.63, 3.8) is 0 Å². The molecule has 2 atom stereocenters. The fourth-order valence-electron chi connectivity index (χ4n) is 4.12. The summed E-state index contributed by atoms with van der Waals surface area (Å²) in [6.45, 7) is 2.47. The van der Waals surface area contributed by atoms with Gasteiger partial charge in [-0.1, -0.05) is 6.92 Å². The highest BCUT2D eigenvalue weighted by atomic mass is 19.4. The van der Waals surface area contributed by atoms with Crippen LogP contribution < -0.4 is 5.32 Å². The van der Waals surface area contributed by atoms with E-state index in [1.54, 1.807) is 33.3 Å². The Morgan fingerprint density at radius 3 is 2.39 bits per heavy atom. The molecule has 0 spiro atoms. The van der Waals surface area contributed by atoms with Crippen molar-refractivity contribution >= 4 is 11.9 Å². The Labute approximate surface area is 202 Å². The van der Waals surface area contributed by atoms with Crippen molar-refractivity contribution in [2.75, 3.05) is 18.4 Å². The van der Waals surface area contributed by atoms with Gasteiger partial charge < -0.3 is 10.2 Å². The van der Waals surface area contributed by atoms with Crippen LogP contribution in [0.3, 0.4) is 0 Å². The van der Waals surface area contributed by atoms with Crippen molar-refractivity contribution in [3.8, 4) is 11.4 Å². The summed E-state index contributed by atoms with van der Waals surface area (Å²) in [6, 6.07) is -0.739. The Kier molecular flexibility index (Phi) is 6.62. The lowest BCUT2D eigenvalue weighted by Crippen LogP contribution is -2.57. The summed E-state index contributed by atoms with van der Waals surface area (Å²) < 4.78 is 68.8. The van der Waals surface area contributed by atoms with Gasteiger partial charge in [0.15, 0.2) is 11.5 Å². The minimum absolute atomic E-state index is 0.0580. The average Bonchev–Trinajstić information content (AvgIpc) is 3.19. The quantitative estimate of drug-likeness (QED) is 0.524. The highest BCUT2D eigenvalue weighted by Gasteiger charge is 2.47. The number of anilines is 1. The molecule has 4 rings (SSSR count). The standard InChI is InChI=1S/C22H23F5N8O/c1-12-5-28-18(29-6-12)15-10-34(3)33-17(15)19(36)35-11-21(23,24)4-13(2)16(35)9-32-20-30-7-14(8-31-20)22(25,26)27/h5-8,10,13,16H,4,9,11H2,1-3H3,(H,30,31,32)/t13-,16?/m1/s1. The lowest BCUT2D eigenvalue weighted by molar-refractivity contribution is -0.138. The fourth-order valence-corrected chi connectivity index (χ4v) is 4.12. The van der Waals surface area contributed by atoms with Crippen LogP contribution >= 0.6 is 0 Å². The number of carbonyl (C=O) groups is 1. The van der Waals surface area contributed by atoms with E-state index in [0.717, 1.165) is 10.5 Å². The molecular formula is C22H23F5N8O. The first-order valence-corrected chi connectivity index (χ1v) is 11.0. The van der Waals surface area contributed by atoms with Crippen molar-refractivity contribution in [3.05, 3.63) is 47.8 Å². The Morgan fingerprint density at radius 1 is 1.14 bits per heavy atom. The van der Waals surface area contributed by atoms with Crippen LogP contribution in [0.5, 0.6) is 0 Å². The molecular weight excluding hydrogens is 487 g/mol. The monoisotopic (exact) mass is 510 g/mol. The van der Waals surface area contributed by atoms with Crippen LogP contribution in [0.4, 0.5) is 27.9 Å². The van der Waals surface area contributed by atoms with E-state index in [1.807, 2.05) is 0 Å². The van der Waals surface area contributed by atoms with E-state index in [0.29, 0.717) is 18.0 Å². The number of carbonyl (C=O) groups excluding carboxylic acids is 1. The first-order valence-electron chi connectivity index (χ1n) is 11.0. The summed E-state index contributed by atoms with van der Waals surface area (Å²) >= 11 is 0. The van der Waals surface area contributed by atoms with E-state index in [1.165, 1.54) is 10.9 Å². The Bertz CT molecular complexity index is 1230. The number of aryl methyl sites for hydroxylation is 2. The number of hydrogen-bond donors (Lipinski definition) is 1. The van der Waals surface area contributed by atoms with E-state index in [9.17, 15) is 26.7 Å². The molecule has 1 unspecified atom stereocenters. The summed E-state index contributed by atoms with van der Waals surface area (Å²) in [5.41, 5.74) is -0.00275. The van der Waals surface area contributed by atoms with Gasteiger partial charge in [0.05, 0.1) is 23.7 Å². The number of halogens is 5. The molecule has 1 amide bonds. The zero-order valence-electron chi connectivity index (χ0n) is 19.6. The Balaban J connectivity index is 1.60.